The zero-order chi connectivity index (χ0) is 19.2. The molecule has 0 aliphatic heterocycles. The van der Waals surface area contributed by atoms with Gasteiger partial charge < -0.3 is 15.4 Å². The highest BCUT2D eigenvalue weighted by Gasteiger charge is 2.11. The minimum Gasteiger partial charge on any atom is -0.495 e. The number of methoxy groups -OCH3 is 1. The van der Waals surface area contributed by atoms with E-state index in [1.54, 1.807) is 19.2 Å². The molecule has 0 bridgehead atoms. The third kappa shape index (κ3) is 4.74. The van der Waals surface area contributed by atoms with E-state index >= 15 is 0 Å². The molecule has 0 saturated carbocycles. The predicted octanol–water partition coefficient (Wildman–Crippen LogP) is 4.12. The Morgan fingerprint density at radius 1 is 1.15 bits per heavy atom. The number of hydrogen-bond donors (Lipinski definition) is 2. The third-order valence-electron chi connectivity index (χ3n) is 3.94. The lowest BCUT2D eigenvalue weighted by molar-refractivity contribution is 0.0946. The molecular weight excluding hydrogens is 364 g/mol. The van der Waals surface area contributed by atoms with Crippen LogP contribution >= 0.6 is 11.6 Å². The Balaban J connectivity index is 1.74. The quantitative estimate of drug-likeness (QED) is 0.670. The van der Waals surface area contributed by atoms with Crippen LogP contribution < -0.4 is 15.4 Å². The Hall–Kier alpha value is -3.12. The summed E-state index contributed by atoms with van der Waals surface area (Å²) in [5, 5.41) is 6.60. The standard InChI is InChI=1S/C20H19ClN4O2/c1-13-8-16(18(27-2)9-15(13)21)25-19-10-17(23-12-24-19)20(26)22-11-14-6-4-3-5-7-14/h3-10,12H,11H2,1-2H3,(H,22,26)(H,23,24,25). The van der Waals surface area contributed by atoms with Gasteiger partial charge in [-0.2, -0.15) is 0 Å². The van der Waals surface area contributed by atoms with Crippen molar-refractivity contribution < 1.29 is 9.53 Å². The van der Waals surface area contributed by atoms with Gasteiger partial charge >= 0.3 is 0 Å². The fraction of sp³-hybridized carbons (Fsp3) is 0.150. The molecule has 7 heteroatoms. The van der Waals surface area contributed by atoms with Crippen LogP contribution in [0.15, 0.2) is 54.9 Å². The first-order valence-electron chi connectivity index (χ1n) is 8.32. The number of aromatic nitrogens is 2. The van der Waals surface area contributed by atoms with Crippen molar-refractivity contribution in [1.29, 1.82) is 0 Å². The zero-order valence-electron chi connectivity index (χ0n) is 15.0. The van der Waals surface area contributed by atoms with E-state index in [4.69, 9.17) is 16.3 Å². The number of carbonyl (C=O) groups is 1. The summed E-state index contributed by atoms with van der Waals surface area (Å²) < 4.78 is 5.35. The maximum atomic E-state index is 12.4. The largest absolute Gasteiger partial charge is 0.495 e. The SMILES string of the molecule is COc1cc(Cl)c(C)cc1Nc1cc(C(=O)NCc2ccccc2)ncn1. The van der Waals surface area contributed by atoms with Crippen molar-refractivity contribution in [3.8, 4) is 5.75 Å². The number of nitrogens with one attached hydrogen (secondary N) is 2. The summed E-state index contributed by atoms with van der Waals surface area (Å²) in [5.74, 6) is 0.790. The van der Waals surface area contributed by atoms with E-state index < -0.39 is 0 Å². The molecule has 0 fully saturated rings. The molecule has 1 aromatic heterocycles. The Bertz CT molecular complexity index is 948. The molecular formula is C20H19ClN4O2. The molecule has 1 heterocycles. The van der Waals surface area contributed by atoms with Crippen LogP contribution in [0.4, 0.5) is 11.5 Å². The number of halogens is 1. The van der Waals surface area contributed by atoms with Crippen molar-refractivity contribution in [2.45, 2.75) is 13.5 Å². The van der Waals surface area contributed by atoms with Crippen molar-refractivity contribution in [2.24, 2.45) is 0 Å². The van der Waals surface area contributed by atoms with Crippen molar-refractivity contribution in [3.05, 3.63) is 76.7 Å². The minimum absolute atomic E-state index is 0.271. The second-order valence-electron chi connectivity index (χ2n) is 5.88. The predicted molar refractivity (Wildman–Crippen MR) is 106 cm³/mol. The Labute approximate surface area is 162 Å². The van der Waals surface area contributed by atoms with Crippen molar-refractivity contribution in [3.63, 3.8) is 0 Å². The van der Waals surface area contributed by atoms with Gasteiger partial charge in [0.25, 0.3) is 5.91 Å². The van der Waals surface area contributed by atoms with Crippen molar-refractivity contribution in [2.75, 3.05) is 12.4 Å². The second-order valence-corrected chi connectivity index (χ2v) is 6.29. The first kappa shape index (κ1) is 18.7. The van der Waals surface area contributed by atoms with E-state index in [1.807, 2.05) is 43.3 Å². The molecule has 3 rings (SSSR count). The van der Waals surface area contributed by atoms with Gasteiger partial charge in [0, 0.05) is 23.7 Å². The van der Waals surface area contributed by atoms with Gasteiger partial charge in [-0.1, -0.05) is 41.9 Å². The van der Waals surface area contributed by atoms with Gasteiger partial charge in [-0.05, 0) is 24.1 Å². The molecule has 0 aliphatic rings. The van der Waals surface area contributed by atoms with Crippen molar-refractivity contribution >= 4 is 29.0 Å². The highest BCUT2D eigenvalue weighted by Crippen LogP contribution is 2.32. The van der Waals surface area contributed by atoms with Gasteiger partial charge in [0.05, 0.1) is 12.8 Å². The number of ether oxygens (including phenoxy) is 1. The Morgan fingerprint density at radius 3 is 2.67 bits per heavy atom. The lowest BCUT2D eigenvalue weighted by Gasteiger charge is -2.13. The van der Waals surface area contributed by atoms with E-state index in [-0.39, 0.29) is 11.6 Å². The molecule has 0 spiro atoms. The maximum Gasteiger partial charge on any atom is 0.270 e. The van der Waals surface area contributed by atoms with Gasteiger partial charge in [-0.25, -0.2) is 9.97 Å². The summed E-state index contributed by atoms with van der Waals surface area (Å²) in [6.07, 6.45) is 1.34. The number of carbonyl (C=O) groups excluding carboxylic acids is 1. The molecule has 0 saturated heterocycles. The van der Waals surface area contributed by atoms with E-state index in [0.29, 0.717) is 28.8 Å². The molecule has 0 radical (unpaired) electrons. The molecule has 2 aromatic carbocycles. The smallest absolute Gasteiger partial charge is 0.270 e. The number of benzene rings is 2. The number of aryl methyl sites for hydroxylation is 1. The van der Waals surface area contributed by atoms with Crippen LogP contribution in [0.3, 0.4) is 0 Å². The molecule has 27 heavy (non-hydrogen) atoms. The fourth-order valence-corrected chi connectivity index (χ4v) is 2.64. The molecule has 3 aromatic rings. The van der Waals surface area contributed by atoms with Crippen LogP contribution in [0.25, 0.3) is 0 Å². The Kier molecular flexibility index (Phi) is 5.88. The van der Waals surface area contributed by atoms with Crippen LogP contribution in [0, 0.1) is 6.92 Å². The van der Waals surface area contributed by atoms with Crippen LogP contribution in [0.1, 0.15) is 21.6 Å². The fourth-order valence-electron chi connectivity index (χ4n) is 2.49. The number of hydrogen-bond acceptors (Lipinski definition) is 5. The van der Waals surface area contributed by atoms with Crippen molar-refractivity contribution in [1.82, 2.24) is 15.3 Å². The van der Waals surface area contributed by atoms with E-state index in [0.717, 1.165) is 11.1 Å². The molecule has 6 nitrogen and oxygen atoms in total. The molecule has 0 unspecified atom stereocenters. The average Bonchev–Trinajstić information content (AvgIpc) is 2.69. The summed E-state index contributed by atoms with van der Waals surface area (Å²) in [7, 11) is 1.56. The molecule has 0 aliphatic carbocycles. The number of anilines is 2. The summed E-state index contributed by atoms with van der Waals surface area (Å²) in [6, 6.07) is 14.9. The summed E-state index contributed by atoms with van der Waals surface area (Å²) in [6.45, 7) is 2.33. The Morgan fingerprint density at radius 2 is 1.93 bits per heavy atom. The monoisotopic (exact) mass is 382 g/mol. The first-order valence-corrected chi connectivity index (χ1v) is 8.70. The van der Waals surface area contributed by atoms with Crippen LogP contribution in [-0.4, -0.2) is 23.0 Å². The normalized spacial score (nSPS) is 10.3. The number of nitrogens with zero attached hydrogens (tertiary/aromatic N) is 2. The lowest BCUT2D eigenvalue weighted by Crippen LogP contribution is -2.24. The maximum absolute atomic E-state index is 12.4. The summed E-state index contributed by atoms with van der Waals surface area (Å²) in [5.41, 5.74) is 2.89. The molecule has 2 N–H and O–H groups in total. The highest BCUT2D eigenvalue weighted by molar-refractivity contribution is 6.31. The summed E-state index contributed by atoms with van der Waals surface area (Å²) >= 11 is 6.13. The summed E-state index contributed by atoms with van der Waals surface area (Å²) in [4.78, 5) is 20.6. The van der Waals surface area contributed by atoms with Gasteiger partial charge in [-0.15, -0.1) is 0 Å². The molecule has 138 valence electrons. The number of amides is 1. The average molecular weight is 383 g/mol. The van der Waals surface area contributed by atoms with Gasteiger partial charge in [-0.3, -0.25) is 4.79 Å². The lowest BCUT2D eigenvalue weighted by atomic mass is 10.2. The third-order valence-corrected chi connectivity index (χ3v) is 4.35. The number of rotatable bonds is 6. The van der Waals surface area contributed by atoms with E-state index in [1.165, 1.54) is 6.33 Å². The van der Waals surface area contributed by atoms with Gasteiger partial charge in [0.2, 0.25) is 0 Å². The topological polar surface area (TPSA) is 76.1 Å². The highest BCUT2D eigenvalue weighted by atomic mass is 35.5. The van der Waals surface area contributed by atoms with Crippen LogP contribution in [0.2, 0.25) is 5.02 Å². The molecule has 0 atom stereocenters. The second kappa shape index (κ2) is 8.51. The van der Waals surface area contributed by atoms with Crippen LogP contribution in [-0.2, 0) is 6.54 Å². The van der Waals surface area contributed by atoms with E-state index in [9.17, 15) is 4.79 Å². The van der Waals surface area contributed by atoms with E-state index in [2.05, 4.69) is 20.6 Å². The minimum atomic E-state index is -0.274. The molecule has 1 amide bonds. The zero-order valence-corrected chi connectivity index (χ0v) is 15.7. The van der Waals surface area contributed by atoms with Gasteiger partial charge in [0.15, 0.2) is 0 Å². The first-order chi connectivity index (χ1) is 13.1. The van der Waals surface area contributed by atoms with Gasteiger partial charge in [0.1, 0.15) is 23.6 Å². The van der Waals surface area contributed by atoms with Crippen LogP contribution in [0.5, 0.6) is 5.75 Å².